The van der Waals surface area contributed by atoms with Crippen molar-refractivity contribution in [1.29, 1.82) is 0 Å². The van der Waals surface area contributed by atoms with E-state index < -0.39 is 0 Å². The molecule has 0 fully saturated rings. The molecule has 0 aliphatic rings. The predicted octanol–water partition coefficient (Wildman–Crippen LogP) is 9.80. The van der Waals surface area contributed by atoms with E-state index in [-0.39, 0.29) is 5.91 Å². The number of carbonyl (C=O) groups is 1. The van der Waals surface area contributed by atoms with Crippen molar-refractivity contribution in [2.45, 2.75) is 142 Å². The smallest absolute Gasteiger partial charge is 0.220 e. The molecule has 1 aromatic rings. The molecule has 4 nitrogen and oxygen atoms in total. The summed E-state index contributed by atoms with van der Waals surface area (Å²) in [5.74, 6) is 1.28. The van der Waals surface area contributed by atoms with Crippen LogP contribution < -0.4 is 14.8 Å². The van der Waals surface area contributed by atoms with E-state index in [9.17, 15) is 4.79 Å². The molecule has 5 heteroatoms. The number of rotatable bonds is 24. The van der Waals surface area contributed by atoms with Gasteiger partial charge in [-0.3, -0.25) is 4.79 Å². The van der Waals surface area contributed by atoms with Crippen LogP contribution in [0.1, 0.15) is 141 Å². The Kier molecular flexibility index (Phi) is 20.6. The van der Waals surface area contributed by atoms with Gasteiger partial charge >= 0.3 is 0 Å². The first-order chi connectivity index (χ1) is 17.6. The zero-order valence-electron chi connectivity index (χ0n) is 23.6. The molecule has 1 aromatic carbocycles. The number of unbranched alkanes of at least 4 members (excludes halogenated alkanes) is 18. The van der Waals surface area contributed by atoms with Crippen molar-refractivity contribution < 1.29 is 14.3 Å². The quantitative estimate of drug-likeness (QED) is 0.137. The van der Waals surface area contributed by atoms with Crippen LogP contribution in [-0.4, -0.2) is 20.1 Å². The summed E-state index contributed by atoms with van der Waals surface area (Å²) in [4.78, 5) is 12.2. The fraction of sp³-hybridized carbons (Fsp3) is 0.774. The summed E-state index contributed by atoms with van der Waals surface area (Å²) in [7, 11) is 3.17. The number of carbonyl (C=O) groups excluding carboxylic acids is 1. The van der Waals surface area contributed by atoms with Crippen LogP contribution >= 0.6 is 11.6 Å². The first kappa shape index (κ1) is 32.6. The van der Waals surface area contributed by atoms with E-state index in [4.69, 9.17) is 21.1 Å². The number of amides is 1. The summed E-state index contributed by atoms with van der Waals surface area (Å²) < 4.78 is 10.6. The average Bonchev–Trinajstić information content (AvgIpc) is 2.89. The maximum absolute atomic E-state index is 12.2. The van der Waals surface area contributed by atoms with Crippen LogP contribution in [0.25, 0.3) is 0 Å². The lowest BCUT2D eigenvalue weighted by atomic mass is 10.0. The maximum atomic E-state index is 12.2. The second-order valence-corrected chi connectivity index (χ2v) is 10.6. The Labute approximate surface area is 227 Å². The van der Waals surface area contributed by atoms with Crippen LogP contribution in [0.4, 0.5) is 0 Å². The van der Waals surface area contributed by atoms with E-state index in [0.717, 1.165) is 18.4 Å². The molecule has 0 bridgehead atoms. The lowest BCUT2D eigenvalue weighted by Gasteiger charge is -2.12. The van der Waals surface area contributed by atoms with E-state index in [1.807, 2.05) is 6.07 Å². The van der Waals surface area contributed by atoms with Crippen LogP contribution in [-0.2, 0) is 11.3 Å². The molecule has 0 aliphatic heterocycles. The molecule has 0 atom stereocenters. The first-order valence-corrected chi connectivity index (χ1v) is 15.2. The summed E-state index contributed by atoms with van der Waals surface area (Å²) >= 11 is 6.30. The van der Waals surface area contributed by atoms with E-state index >= 15 is 0 Å². The Morgan fingerprint density at radius 1 is 0.667 bits per heavy atom. The van der Waals surface area contributed by atoms with Crippen LogP contribution in [0, 0.1) is 0 Å². The number of hydrogen-bond donors (Lipinski definition) is 1. The standard InChI is InChI=1S/C31H54ClNO3/c1-4-5-6-7-8-9-10-11-12-13-14-15-16-17-18-19-20-21-22-23-31(34)33-26-27-24-29(35-2)30(36-3)25-28(27)32/h24-25H,4-23,26H2,1-3H3,(H,33,34). The van der Waals surface area contributed by atoms with E-state index in [1.54, 1.807) is 20.3 Å². The Bertz CT molecular complexity index is 680. The lowest BCUT2D eigenvalue weighted by molar-refractivity contribution is -0.121. The van der Waals surface area contributed by atoms with Crippen molar-refractivity contribution in [3.63, 3.8) is 0 Å². The molecule has 1 N–H and O–H groups in total. The van der Waals surface area contributed by atoms with Crippen molar-refractivity contribution >= 4 is 17.5 Å². The molecule has 0 saturated carbocycles. The number of halogens is 1. The van der Waals surface area contributed by atoms with Crippen molar-refractivity contribution in [3.8, 4) is 11.5 Å². The van der Waals surface area contributed by atoms with Gasteiger partial charge in [-0.25, -0.2) is 0 Å². The molecule has 0 aliphatic carbocycles. The summed E-state index contributed by atoms with van der Waals surface area (Å²) in [6.45, 7) is 2.69. The third kappa shape index (κ3) is 16.3. The fourth-order valence-electron chi connectivity index (χ4n) is 4.68. The highest BCUT2D eigenvalue weighted by Gasteiger charge is 2.11. The molecule has 1 amide bonds. The van der Waals surface area contributed by atoms with Gasteiger partial charge in [-0.15, -0.1) is 0 Å². The molecular formula is C31H54ClNO3. The van der Waals surface area contributed by atoms with Crippen molar-refractivity contribution in [2.75, 3.05) is 14.2 Å². The molecule has 208 valence electrons. The minimum Gasteiger partial charge on any atom is -0.493 e. The van der Waals surface area contributed by atoms with Crippen molar-refractivity contribution in [2.24, 2.45) is 0 Å². The first-order valence-electron chi connectivity index (χ1n) is 14.8. The largest absolute Gasteiger partial charge is 0.493 e. The Morgan fingerprint density at radius 3 is 1.47 bits per heavy atom. The van der Waals surface area contributed by atoms with E-state index in [1.165, 1.54) is 109 Å². The van der Waals surface area contributed by atoms with Gasteiger partial charge in [0.15, 0.2) is 11.5 Å². The normalized spacial score (nSPS) is 11.0. The summed E-state index contributed by atoms with van der Waals surface area (Å²) in [6.07, 6.45) is 26.4. The van der Waals surface area contributed by atoms with Crippen LogP contribution in [0.15, 0.2) is 12.1 Å². The second kappa shape index (κ2) is 22.8. The Hall–Kier alpha value is -1.42. The third-order valence-corrected chi connectivity index (χ3v) is 7.39. The van der Waals surface area contributed by atoms with E-state index in [2.05, 4.69) is 12.2 Å². The molecular weight excluding hydrogens is 470 g/mol. The van der Waals surface area contributed by atoms with Crippen molar-refractivity contribution in [1.82, 2.24) is 5.32 Å². The maximum Gasteiger partial charge on any atom is 0.220 e. The van der Waals surface area contributed by atoms with Gasteiger partial charge in [0.1, 0.15) is 0 Å². The lowest BCUT2D eigenvalue weighted by Crippen LogP contribution is -2.22. The molecule has 0 spiro atoms. The number of nitrogens with one attached hydrogen (secondary N) is 1. The highest BCUT2D eigenvalue weighted by Crippen LogP contribution is 2.33. The van der Waals surface area contributed by atoms with Gasteiger partial charge in [0.05, 0.1) is 14.2 Å². The molecule has 1 rings (SSSR count). The van der Waals surface area contributed by atoms with Crippen LogP contribution in [0.5, 0.6) is 11.5 Å². The number of ether oxygens (including phenoxy) is 2. The highest BCUT2D eigenvalue weighted by atomic mass is 35.5. The SMILES string of the molecule is CCCCCCCCCCCCCCCCCCCCCC(=O)NCc1cc(OC)c(OC)cc1Cl. The molecule has 36 heavy (non-hydrogen) atoms. The van der Waals surface area contributed by atoms with Crippen LogP contribution in [0.2, 0.25) is 5.02 Å². The number of hydrogen-bond acceptors (Lipinski definition) is 3. The minimum absolute atomic E-state index is 0.0767. The summed E-state index contributed by atoms with van der Waals surface area (Å²) in [5.41, 5.74) is 0.829. The average molecular weight is 524 g/mol. The van der Waals surface area contributed by atoms with Gasteiger partial charge in [-0.05, 0) is 18.1 Å². The minimum atomic E-state index is 0.0767. The molecule has 0 saturated heterocycles. The van der Waals surface area contributed by atoms with Gasteiger partial charge in [0.25, 0.3) is 0 Å². The van der Waals surface area contributed by atoms with E-state index in [0.29, 0.717) is 29.5 Å². The number of methoxy groups -OCH3 is 2. The van der Waals surface area contributed by atoms with Gasteiger partial charge in [0.2, 0.25) is 5.91 Å². The molecule has 0 unspecified atom stereocenters. The van der Waals surface area contributed by atoms with Gasteiger partial charge < -0.3 is 14.8 Å². The molecule has 0 heterocycles. The van der Waals surface area contributed by atoms with Gasteiger partial charge in [-0.2, -0.15) is 0 Å². The molecule has 0 aromatic heterocycles. The van der Waals surface area contributed by atoms with Gasteiger partial charge in [-0.1, -0.05) is 134 Å². The summed E-state index contributed by atoms with van der Waals surface area (Å²) in [5, 5.41) is 3.53. The zero-order valence-corrected chi connectivity index (χ0v) is 24.4. The van der Waals surface area contributed by atoms with Crippen LogP contribution in [0.3, 0.4) is 0 Å². The number of benzene rings is 1. The molecule has 0 radical (unpaired) electrons. The second-order valence-electron chi connectivity index (χ2n) is 10.2. The van der Waals surface area contributed by atoms with Gasteiger partial charge in [0, 0.05) is 24.1 Å². The monoisotopic (exact) mass is 523 g/mol. The topological polar surface area (TPSA) is 47.6 Å². The Morgan fingerprint density at radius 2 is 1.06 bits per heavy atom. The predicted molar refractivity (Wildman–Crippen MR) is 154 cm³/mol. The zero-order chi connectivity index (χ0) is 26.3. The summed E-state index contributed by atoms with van der Waals surface area (Å²) in [6, 6.07) is 3.54. The Balaban J connectivity index is 1.89. The van der Waals surface area contributed by atoms with Crippen molar-refractivity contribution in [3.05, 3.63) is 22.7 Å². The highest BCUT2D eigenvalue weighted by molar-refractivity contribution is 6.31. The third-order valence-electron chi connectivity index (χ3n) is 7.04. The fourth-order valence-corrected chi connectivity index (χ4v) is 4.90.